The SMILES string of the molecule is CN(C)CCCn1c2c(c(=O)n(CCCN(C)C)c1=O)Nc1ccccc1S2. The van der Waals surface area contributed by atoms with Crippen molar-refractivity contribution in [2.45, 2.75) is 35.9 Å². The monoisotopic (exact) mass is 403 g/mol. The smallest absolute Gasteiger partial charge is 0.331 e. The van der Waals surface area contributed by atoms with Gasteiger partial charge in [0, 0.05) is 18.0 Å². The third-order valence-corrected chi connectivity index (χ3v) is 5.90. The van der Waals surface area contributed by atoms with Crippen LogP contribution in [0.25, 0.3) is 0 Å². The fraction of sp³-hybridized carbons (Fsp3) is 0.500. The maximum atomic E-state index is 13.2. The number of para-hydroxylation sites is 1. The molecular formula is C20H29N5O2S. The maximum Gasteiger partial charge on any atom is 0.331 e. The first-order chi connectivity index (χ1) is 13.4. The minimum atomic E-state index is -0.232. The number of aromatic nitrogens is 2. The highest BCUT2D eigenvalue weighted by Gasteiger charge is 2.25. The predicted molar refractivity (Wildman–Crippen MR) is 115 cm³/mol. The highest BCUT2D eigenvalue weighted by atomic mass is 32.2. The lowest BCUT2D eigenvalue weighted by Crippen LogP contribution is -2.43. The first kappa shape index (κ1) is 20.7. The van der Waals surface area contributed by atoms with Crippen LogP contribution in [0.5, 0.6) is 0 Å². The van der Waals surface area contributed by atoms with Crippen molar-refractivity contribution in [3.63, 3.8) is 0 Å². The quantitative estimate of drug-likeness (QED) is 0.582. The molecule has 7 nitrogen and oxygen atoms in total. The number of anilines is 2. The number of nitrogens with one attached hydrogen (secondary N) is 1. The van der Waals surface area contributed by atoms with Crippen LogP contribution in [-0.2, 0) is 13.1 Å². The Hall–Kier alpha value is -2.03. The highest BCUT2D eigenvalue weighted by Crippen LogP contribution is 2.41. The molecule has 152 valence electrons. The molecule has 0 fully saturated rings. The summed E-state index contributed by atoms with van der Waals surface area (Å²) in [5.74, 6) is 0. The number of nitrogens with zero attached hydrogens (tertiary/aromatic N) is 4. The summed E-state index contributed by atoms with van der Waals surface area (Å²) in [5, 5.41) is 4.00. The van der Waals surface area contributed by atoms with Gasteiger partial charge in [0.05, 0.1) is 5.69 Å². The van der Waals surface area contributed by atoms with E-state index in [1.54, 1.807) is 4.57 Å². The molecule has 2 heterocycles. The average molecular weight is 404 g/mol. The third-order valence-electron chi connectivity index (χ3n) is 4.71. The van der Waals surface area contributed by atoms with E-state index in [2.05, 4.69) is 15.1 Å². The summed E-state index contributed by atoms with van der Waals surface area (Å²) in [6.07, 6.45) is 1.60. The van der Waals surface area contributed by atoms with Crippen LogP contribution in [0.3, 0.4) is 0 Å². The van der Waals surface area contributed by atoms with Crippen LogP contribution in [-0.4, -0.2) is 60.2 Å². The molecule has 1 aromatic heterocycles. The Balaban J connectivity index is 2.01. The van der Waals surface area contributed by atoms with Gasteiger partial charge in [0.1, 0.15) is 10.7 Å². The minimum Gasteiger partial charge on any atom is -0.348 e. The van der Waals surface area contributed by atoms with Crippen molar-refractivity contribution in [2.75, 3.05) is 46.6 Å². The number of hydrogen-bond donors (Lipinski definition) is 1. The molecule has 0 aliphatic carbocycles. The molecule has 0 atom stereocenters. The van der Waals surface area contributed by atoms with Gasteiger partial charge in [-0.05, 0) is 66.3 Å². The van der Waals surface area contributed by atoms with Gasteiger partial charge in [0.15, 0.2) is 0 Å². The van der Waals surface area contributed by atoms with Gasteiger partial charge in [-0.1, -0.05) is 23.9 Å². The lowest BCUT2D eigenvalue weighted by molar-refractivity contribution is 0.366. The summed E-state index contributed by atoms with van der Waals surface area (Å²) in [6, 6.07) is 7.88. The molecule has 1 aromatic carbocycles. The molecule has 1 N–H and O–H groups in total. The first-order valence-electron chi connectivity index (χ1n) is 9.59. The van der Waals surface area contributed by atoms with Crippen molar-refractivity contribution in [1.82, 2.24) is 18.9 Å². The van der Waals surface area contributed by atoms with E-state index in [1.807, 2.05) is 52.5 Å². The number of hydrogen-bond acceptors (Lipinski definition) is 6. The van der Waals surface area contributed by atoms with Crippen LogP contribution in [0.1, 0.15) is 12.8 Å². The molecule has 0 amide bonds. The van der Waals surface area contributed by atoms with Gasteiger partial charge >= 0.3 is 5.69 Å². The summed E-state index contributed by atoms with van der Waals surface area (Å²) in [4.78, 5) is 31.5. The summed E-state index contributed by atoms with van der Waals surface area (Å²) >= 11 is 1.50. The second-order valence-corrected chi connectivity index (χ2v) is 8.64. The molecule has 1 aliphatic heterocycles. The molecule has 0 unspecified atom stereocenters. The van der Waals surface area contributed by atoms with Crippen LogP contribution in [0.15, 0.2) is 43.8 Å². The van der Waals surface area contributed by atoms with Gasteiger partial charge in [-0.15, -0.1) is 0 Å². The topological polar surface area (TPSA) is 62.5 Å². The Bertz CT molecular complexity index is 949. The Morgan fingerprint density at radius 3 is 2.18 bits per heavy atom. The molecule has 1 aliphatic rings. The summed E-state index contributed by atoms with van der Waals surface area (Å²) in [6.45, 7) is 2.72. The van der Waals surface area contributed by atoms with E-state index in [1.165, 1.54) is 16.3 Å². The minimum absolute atomic E-state index is 0.213. The van der Waals surface area contributed by atoms with Crippen LogP contribution in [0, 0.1) is 0 Å². The van der Waals surface area contributed by atoms with Gasteiger partial charge in [-0.2, -0.15) is 0 Å². The molecule has 28 heavy (non-hydrogen) atoms. The lowest BCUT2D eigenvalue weighted by atomic mass is 10.3. The number of rotatable bonds is 8. The standard InChI is InChI=1S/C20H29N5O2S/c1-22(2)11-7-13-24-18(26)17-19(25(20(24)27)14-8-12-23(3)4)28-16-10-6-5-9-15(16)21-17/h5-6,9-10,21H,7-8,11-14H2,1-4H3. The van der Waals surface area contributed by atoms with E-state index in [0.717, 1.165) is 41.5 Å². The van der Waals surface area contributed by atoms with E-state index in [0.29, 0.717) is 18.8 Å². The van der Waals surface area contributed by atoms with Gasteiger partial charge in [-0.25, -0.2) is 4.79 Å². The Labute approximate surface area is 170 Å². The third kappa shape index (κ3) is 4.51. The van der Waals surface area contributed by atoms with Crippen LogP contribution >= 0.6 is 11.8 Å². The van der Waals surface area contributed by atoms with Crippen molar-refractivity contribution in [3.05, 3.63) is 45.1 Å². The molecule has 0 spiro atoms. The summed E-state index contributed by atoms with van der Waals surface area (Å²) < 4.78 is 3.16. The normalized spacial score (nSPS) is 12.8. The predicted octanol–water partition coefficient (Wildman–Crippen LogP) is 2.12. The molecule has 3 rings (SSSR count). The fourth-order valence-corrected chi connectivity index (χ4v) is 4.38. The van der Waals surface area contributed by atoms with Gasteiger partial charge in [0.25, 0.3) is 5.56 Å². The lowest BCUT2D eigenvalue weighted by Gasteiger charge is -2.25. The zero-order valence-corrected chi connectivity index (χ0v) is 17.9. The van der Waals surface area contributed by atoms with E-state index in [4.69, 9.17) is 0 Å². The first-order valence-corrected chi connectivity index (χ1v) is 10.4. The second kappa shape index (κ2) is 8.98. The molecule has 8 heteroatoms. The summed E-state index contributed by atoms with van der Waals surface area (Å²) in [7, 11) is 8.02. The fourth-order valence-electron chi connectivity index (χ4n) is 3.28. The largest absolute Gasteiger partial charge is 0.348 e. The molecular weight excluding hydrogens is 374 g/mol. The van der Waals surface area contributed by atoms with E-state index < -0.39 is 0 Å². The zero-order valence-electron chi connectivity index (χ0n) is 17.1. The van der Waals surface area contributed by atoms with E-state index in [9.17, 15) is 9.59 Å². The zero-order chi connectivity index (χ0) is 20.3. The highest BCUT2D eigenvalue weighted by molar-refractivity contribution is 7.99. The van der Waals surface area contributed by atoms with Crippen molar-refractivity contribution >= 4 is 23.1 Å². The van der Waals surface area contributed by atoms with Crippen molar-refractivity contribution in [1.29, 1.82) is 0 Å². The van der Waals surface area contributed by atoms with Gasteiger partial charge < -0.3 is 15.1 Å². The van der Waals surface area contributed by atoms with Crippen LogP contribution in [0.2, 0.25) is 0 Å². The van der Waals surface area contributed by atoms with Crippen molar-refractivity contribution in [3.8, 4) is 0 Å². The molecule has 0 bridgehead atoms. The Kier molecular flexibility index (Phi) is 6.64. The molecule has 0 saturated carbocycles. The maximum absolute atomic E-state index is 13.2. The Morgan fingerprint density at radius 1 is 0.929 bits per heavy atom. The van der Waals surface area contributed by atoms with Gasteiger partial charge in [0.2, 0.25) is 0 Å². The van der Waals surface area contributed by atoms with Crippen molar-refractivity contribution < 1.29 is 0 Å². The van der Waals surface area contributed by atoms with Crippen LogP contribution in [0.4, 0.5) is 11.4 Å². The second-order valence-electron chi connectivity index (χ2n) is 7.61. The van der Waals surface area contributed by atoms with Gasteiger partial charge in [-0.3, -0.25) is 13.9 Å². The summed E-state index contributed by atoms with van der Waals surface area (Å²) in [5.41, 5.74) is 0.980. The van der Waals surface area contributed by atoms with Crippen molar-refractivity contribution in [2.24, 2.45) is 0 Å². The number of fused-ring (bicyclic) bond motifs is 2. The van der Waals surface area contributed by atoms with E-state index >= 15 is 0 Å². The molecule has 0 radical (unpaired) electrons. The molecule has 0 saturated heterocycles. The molecule has 2 aromatic rings. The van der Waals surface area contributed by atoms with Crippen LogP contribution < -0.4 is 16.6 Å². The van der Waals surface area contributed by atoms with E-state index in [-0.39, 0.29) is 11.2 Å². The average Bonchev–Trinajstić information content (AvgIpc) is 2.65. The number of benzene rings is 1. The Morgan fingerprint density at radius 2 is 1.54 bits per heavy atom.